The van der Waals surface area contributed by atoms with Crippen LogP contribution in [0.25, 0.3) is 0 Å². The van der Waals surface area contributed by atoms with Crippen molar-refractivity contribution in [3.05, 3.63) is 24.3 Å². The van der Waals surface area contributed by atoms with Gasteiger partial charge < -0.3 is 9.47 Å². The van der Waals surface area contributed by atoms with Gasteiger partial charge >= 0.3 is 0 Å². The van der Waals surface area contributed by atoms with Crippen molar-refractivity contribution in [3.8, 4) is 11.5 Å². The van der Waals surface area contributed by atoms with E-state index in [0.29, 0.717) is 12.5 Å². The van der Waals surface area contributed by atoms with E-state index in [1.165, 1.54) is 0 Å². The van der Waals surface area contributed by atoms with Gasteiger partial charge in [-0.2, -0.15) is 0 Å². The van der Waals surface area contributed by atoms with Crippen LogP contribution in [0, 0.1) is 5.41 Å². The molecule has 1 rings (SSSR count). The van der Waals surface area contributed by atoms with Gasteiger partial charge in [-0.05, 0) is 30.4 Å². The van der Waals surface area contributed by atoms with Crippen LogP contribution in [0.5, 0.6) is 11.5 Å². The molecule has 0 bridgehead atoms. The van der Waals surface area contributed by atoms with Gasteiger partial charge in [-0.15, -0.1) is 11.6 Å². The lowest BCUT2D eigenvalue weighted by Crippen LogP contribution is -2.20. The lowest BCUT2D eigenvalue weighted by molar-refractivity contribution is 0.219. The average Bonchev–Trinajstić information content (AvgIpc) is 2.39. The summed E-state index contributed by atoms with van der Waals surface area (Å²) in [4.78, 5) is 0. The highest BCUT2D eigenvalue weighted by Gasteiger charge is 2.20. The Morgan fingerprint density at radius 1 is 1.24 bits per heavy atom. The fourth-order valence-corrected chi connectivity index (χ4v) is 1.81. The molecule has 0 radical (unpaired) electrons. The van der Waals surface area contributed by atoms with E-state index in [4.69, 9.17) is 21.1 Å². The van der Waals surface area contributed by atoms with Gasteiger partial charge in [0, 0.05) is 5.88 Å². The lowest BCUT2D eigenvalue weighted by Gasteiger charge is -2.25. The van der Waals surface area contributed by atoms with Crippen molar-refractivity contribution in [1.82, 2.24) is 0 Å². The summed E-state index contributed by atoms with van der Waals surface area (Å²) >= 11 is 5.97. The zero-order valence-electron chi connectivity index (χ0n) is 10.8. The molecule has 0 saturated heterocycles. The number of rotatable bonds is 7. The molecule has 2 nitrogen and oxygen atoms in total. The number of methoxy groups -OCH3 is 1. The first-order valence-corrected chi connectivity index (χ1v) is 6.50. The van der Waals surface area contributed by atoms with E-state index in [9.17, 15) is 0 Å². The topological polar surface area (TPSA) is 18.5 Å². The van der Waals surface area contributed by atoms with Crippen LogP contribution >= 0.6 is 11.6 Å². The number of halogens is 1. The molecule has 1 aromatic carbocycles. The molecule has 0 saturated carbocycles. The van der Waals surface area contributed by atoms with Crippen LogP contribution in [0.1, 0.15) is 26.7 Å². The Bertz CT molecular complexity index is 335. The highest BCUT2D eigenvalue weighted by molar-refractivity contribution is 6.18. The highest BCUT2D eigenvalue weighted by Crippen LogP contribution is 2.30. The van der Waals surface area contributed by atoms with Crippen molar-refractivity contribution < 1.29 is 9.47 Å². The molecule has 96 valence electrons. The Hall–Kier alpha value is -0.890. The minimum Gasteiger partial charge on any atom is -0.493 e. The maximum Gasteiger partial charge on any atom is 0.161 e. The zero-order chi connectivity index (χ0) is 12.7. The Kier molecular flexibility index (Phi) is 5.63. The number of ether oxygens (including phenoxy) is 2. The third-order valence-electron chi connectivity index (χ3n) is 3.21. The van der Waals surface area contributed by atoms with Crippen molar-refractivity contribution in [2.24, 2.45) is 5.41 Å². The third kappa shape index (κ3) is 4.12. The molecule has 0 N–H and O–H groups in total. The van der Waals surface area contributed by atoms with Gasteiger partial charge in [0.05, 0.1) is 13.7 Å². The average molecular weight is 257 g/mol. The Labute approximate surface area is 109 Å². The molecular weight excluding hydrogens is 236 g/mol. The molecule has 3 heteroatoms. The van der Waals surface area contributed by atoms with Crippen molar-refractivity contribution in [2.75, 3.05) is 19.6 Å². The SMILES string of the molecule is CCC(C)(CCl)CCOc1ccccc1OC. The molecule has 1 aromatic rings. The van der Waals surface area contributed by atoms with Crippen LogP contribution in [-0.2, 0) is 0 Å². The van der Waals surface area contributed by atoms with Crippen molar-refractivity contribution >= 4 is 11.6 Å². The molecule has 0 amide bonds. The van der Waals surface area contributed by atoms with Crippen LogP contribution in [0.2, 0.25) is 0 Å². The van der Waals surface area contributed by atoms with Gasteiger partial charge in [0.2, 0.25) is 0 Å². The smallest absolute Gasteiger partial charge is 0.161 e. The fourth-order valence-electron chi connectivity index (χ4n) is 1.48. The van der Waals surface area contributed by atoms with Gasteiger partial charge in [-0.25, -0.2) is 0 Å². The standard InChI is InChI=1S/C14H21ClO2/c1-4-14(2,11-15)9-10-17-13-8-6-5-7-12(13)16-3/h5-8H,4,9-11H2,1-3H3. The van der Waals surface area contributed by atoms with Gasteiger partial charge in [0.15, 0.2) is 11.5 Å². The number of para-hydroxylation sites is 2. The van der Waals surface area contributed by atoms with Crippen LogP contribution < -0.4 is 9.47 Å². The fraction of sp³-hybridized carbons (Fsp3) is 0.571. The van der Waals surface area contributed by atoms with Crippen LogP contribution in [0.15, 0.2) is 24.3 Å². The molecule has 0 aliphatic rings. The van der Waals surface area contributed by atoms with E-state index in [1.807, 2.05) is 24.3 Å². The first-order chi connectivity index (χ1) is 8.15. The molecule has 1 atom stereocenters. The van der Waals surface area contributed by atoms with E-state index < -0.39 is 0 Å². The molecule has 0 aliphatic heterocycles. The van der Waals surface area contributed by atoms with E-state index in [-0.39, 0.29) is 5.41 Å². The predicted molar refractivity (Wildman–Crippen MR) is 72.2 cm³/mol. The van der Waals surface area contributed by atoms with Crippen LogP contribution in [-0.4, -0.2) is 19.6 Å². The summed E-state index contributed by atoms with van der Waals surface area (Å²) in [6.45, 7) is 5.01. The highest BCUT2D eigenvalue weighted by atomic mass is 35.5. The van der Waals surface area contributed by atoms with E-state index in [1.54, 1.807) is 7.11 Å². The Morgan fingerprint density at radius 3 is 2.41 bits per heavy atom. The molecule has 0 aromatic heterocycles. The second-order valence-electron chi connectivity index (χ2n) is 4.55. The maximum atomic E-state index is 5.97. The van der Waals surface area contributed by atoms with E-state index in [2.05, 4.69) is 13.8 Å². The first-order valence-electron chi connectivity index (χ1n) is 5.97. The maximum absolute atomic E-state index is 5.97. The molecule has 0 fully saturated rings. The summed E-state index contributed by atoms with van der Waals surface area (Å²) in [5.41, 5.74) is 0.156. The van der Waals surface area contributed by atoms with Crippen molar-refractivity contribution in [3.63, 3.8) is 0 Å². The number of hydrogen-bond acceptors (Lipinski definition) is 2. The monoisotopic (exact) mass is 256 g/mol. The number of benzene rings is 1. The van der Waals surface area contributed by atoms with Crippen molar-refractivity contribution in [1.29, 1.82) is 0 Å². The first kappa shape index (κ1) is 14.2. The van der Waals surface area contributed by atoms with Crippen molar-refractivity contribution in [2.45, 2.75) is 26.7 Å². The second-order valence-corrected chi connectivity index (χ2v) is 4.81. The molecule has 0 aliphatic carbocycles. The van der Waals surface area contributed by atoms with Crippen LogP contribution in [0.3, 0.4) is 0 Å². The van der Waals surface area contributed by atoms with Gasteiger partial charge in [0.25, 0.3) is 0 Å². The summed E-state index contributed by atoms with van der Waals surface area (Å²) in [5, 5.41) is 0. The van der Waals surface area contributed by atoms with Crippen LogP contribution in [0.4, 0.5) is 0 Å². The van der Waals surface area contributed by atoms with E-state index >= 15 is 0 Å². The third-order valence-corrected chi connectivity index (χ3v) is 3.85. The summed E-state index contributed by atoms with van der Waals surface area (Å²) < 4.78 is 11.0. The van der Waals surface area contributed by atoms with E-state index in [0.717, 1.165) is 24.3 Å². The predicted octanol–water partition coefficient (Wildman–Crippen LogP) is 4.12. The summed E-state index contributed by atoms with van der Waals surface area (Å²) in [7, 11) is 1.65. The molecule has 1 unspecified atom stereocenters. The largest absolute Gasteiger partial charge is 0.493 e. The van der Waals surface area contributed by atoms with Gasteiger partial charge in [-0.3, -0.25) is 0 Å². The summed E-state index contributed by atoms with van der Waals surface area (Å²) in [6, 6.07) is 7.69. The number of alkyl halides is 1. The van der Waals surface area contributed by atoms with Gasteiger partial charge in [-0.1, -0.05) is 26.0 Å². The zero-order valence-corrected chi connectivity index (χ0v) is 11.6. The quantitative estimate of drug-likeness (QED) is 0.684. The normalized spacial score (nSPS) is 14.1. The minimum absolute atomic E-state index is 0.156. The number of hydrogen-bond donors (Lipinski definition) is 0. The van der Waals surface area contributed by atoms with Gasteiger partial charge in [0.1, 0.15) is 0 Å². The lowest BCUT2D eigenvalue weighted by atomic mass is 9.87. The molecular formula is C14H21ClO2. The molecule has 0 spiro atoms. The Balaban J connectivity index is 2.51. The summed E-state index contributed by atoms with van der Waals surface area (Å²) in [6.07, 6.45) is 2.01. The summed E-state index contributed by atoms with van der Waals surface area (Å²) in [5.74, 6) is 2.23. The molecule has 0 heterocycles. The second kappa shape index (κ2) is 6.75. The molecule has 17 heavy (non-hydrogen) atoms. The Morgan fingerprint density at radius 2 is 1.88 bits per heavy atom. The minimum atomic E-state index is 0.156.